The Morgan fingerprint density at radius 2 is 1.89 bits per heavy atom. The molecule has 108 valence electrons. The lowest BCUT2D eigenvalue weighted by atomic mass is 10.2. The van der Waals surface area contributed by atoms with Gasteiger partial charge in [-0.15, -0.1) is 0 Å². The van der Waals surface area contributed by atoms with Crippen LogP contribution >= 0.6 is 0 Å². The summed E-state index contributed by atoms with van der Waals surface area (Å²) in [5.41, 5.74) is 2.26. The van der Waals surface area contributed by atoms with E-state index in [1.54, 1.807) is 7.11 Å². The fourth-order valence-electron chi connectivity index (χ4n) is 1.82. The van der Waals surface area contributed by atoms with Crippen molar-refractivity contribution in [2.75, 3.05) is 38.8 Å². The molecule has 1 aromatic rings. The minimum Gasteiger partial charge on any atom is -0.382 e. The van der Waals surface area contributed by atoms with Crippen molar-refractivity contribution in [3.63, 3.8) is 0 Å². The van der Waals surface area contributed by atoms with Crippen LogP contribution in [0.1, 0.15) is 30.9 Å². The highest BCUT2D eigenvalue weighted by atomic mass is 16.5. The summed E-state index contributed by atoms with van der Waals surface area (Å²) < 4.78 is 10.4. The predicted molar refractivity (Wildman–Crippen MR) is 76.7 cm³/mol. The van der Waals surface area contributed by atoms with Gasteiger partial charge in [-0.3, -0.25) is 0 Å². The quantitative estimate of drug-likeness (QED) is 0.693. The fourth-order valence-corrected chi connectivity index (χ4v) is 1.82. The summed E-state index contributed by atoms with van der Waals surface area (Å²) in [5, 5.41) is 3.29. The Labute approximate surface area is 115 Å². The van der Waals surface area contributed by atoms with Gasteiger partial charge in [0.2, 0.25) is 0 Å². The highest BCUT2D eigenvalue weighted by Gasteiger charge is 2.09. The SMILES string of the molecule is CCNc1nc(CCOCCOC)nc(CC)c1C. The van der Waals surface area contributed by atoms with Crippen LogP contribution in [0.25, 0.3) is 0 Å². The first-order valence-electron chi connectivity index (χ1n) is 6.89. The number of ether oxygens (including phenoxy) is 2. The number of hydrogen-bond donors (Lipinski definition) is 1. The largest absolute Gasteiger partial charge is 0.382 e. The molecular formula is C14H25N3O2. The van der Waals surface area contributed by atoms with Gasteiger partial charge in [-0.25, -0.2) is 9.97 Å². The first-order valence-corrected chi connectivity index (χ1v) is 6.89. The van der Waals surface area contributed by atoms with Crippen LogP contribution in [0.4, 0.5) is 5.82 Å². The molecule has 0 saturated heterocycles. The zero-order valence-electron chi connectivity index (χ0n) is 12.5. The molecular weight excluding hydrogens is 242 g/mol. The number of aromatic nitrogens is 2. The summed E-state index contributed by atoms with van der Waals surface area (Å²) in [7, 11) is 1.67. The van der Waals surface area contributed by atoms with Crippen molar-refractivity contribution in [1.29, 1.82) is 0 Å². The van der Waals surface area contributed by atoms with E-state index in [0.29, 0.717) is 19.8 Å². The summed E-state index contributed by atoms with van der Waals surface area (Å²) in [6.07, 6.45) is 1.65. The predicted octanol–water partition coefficient (Wildman–Crippen LogP) is 1.98. The van der Waals surface area contributed by atoms with Gasteiger partial charge in [-0.1, -0.05) is 6.92 Å². The first-order chi connectivity index (χ1) is 9.22. The van der Waals surface area contributed by atoms with Crippen LogP contribution in [-0.4, -0.2) is 43.4 Å². The van der Waals surface area contributed by atoms with E-state index in [1.165, 1.54) is 0 Å². The van der Waals surface area contributed by atoms with Gasteiger partial charge in [0.15, 0.2) is 0 Å². The Morgan fingerprint density at radius 1 is 1.11 bits per heavy atom. The molecule has 0 aliphatic carbocycles. The second-order valence-corrected chi connectivity index (χ2v) is 4.30. The molecule has 0 unspecified atom stereocenters. The fraction of sp³-hybridized carbons (Fsp3) is 0.714. The van der Waals surface area contributed by atoms with Crippen LogP contribution in [0, 0.1) is 6.92 Å². The molecule has 1 aromatic heterocycles. The molecule has 0 fully saturated rings. The van der Waals surface area contributed by atoms with Crippen molar-refractivity contribution in [2.45, 2.75) is 33.6 Å². The van der Waals surface area contributed by atoms with E-state index >= 15 is 0 Å². The van der Waals surface area contributed by atoms with Gasteiger partial charge in [-0.2, -0.15) is 0 Å². The number of nitrogens with zero attached hydrogens (tertiary/aromatic N) is 2. The molecule has 1 rings (SSSR count). The molecule has 5 heteroatoms. The first kappa shape index (κ1) is 15.9. The van der Waals surface area contributed by atoms with Crippen molar-refractivity contribution in [2.24, 2.45) is 0 Å². The Morgan fingerprint density at radius 3 is 2.53 bits per heavy atom. The van der Waals surface area contributed by atoms with E-state index in [-0.39, 0.29) is 0 Å². The second-order valence-electron chi connectivity index (χ2n) is 4.30. The third-order valence-corrected chi connectivity index (χ3v) is 2.87. The Hall–Kier alpha value is -1.20. The van der Waals surface area contributed by atoms with Gasteiger partial charge in [-0.05, 0) is 20.3 Å². The van der Waals surface area contributed by atoms with Gasteiger partial charge in [0.1, 0.15) is 11.6 Å². The molecule has 0 amide bonds. The molecule has 0 saturated carbocycles. The van der Waals surface area contributed by atoms with Crippen LogP contribution in [-0.2, 0) is 22.3 Å². The Balaban J connectivity index is 2.64. The van der Waals surface area contributed by atoms with E-state index in [9.17, 15) is 0 Å². The highest BCUT2D eigenvalue weighted by Crippen LogP contribution is 2.16. The second kappa shape index (κ2) is 8.82. The van der Waals surface area contributed by atoms with E-state index in [2.05, 4.69) is 36.1 Å². The minimum absolute atomic E-state index is 0.614. The molecule has 0 aromatic carbocycles. The van der Waals surface area contributed by atoms with Gasteiger partial charge in [0, 0.05) is 31.3 Å². The number of methoxy groups -OCH3 is 1. The van der Waals surface area contributed by atoms with Crippen LogP contribution in [0.2, 0.25) is 0 Å². The highest BCUT2D eigenvalue weighted by molar-refractivity contribution is 5.45. The maximum atomic E-state index is 5.46. The maximum Gasteiger partial charge on any atom is 0.133 e. The minimum atomic E-state index is 0.614. The van der Waals surface area contributed by atoms with Crippen molar-refractivity contribution < 1.29 is 9.47 Å². The van der Waals surface area contributed by atoms with Gasteiger partial charge in [0.05, 0.1) is 19.8 Å². The molecule has 5 nitrogen and oxygen atoms in total. The average Bonchev–Trinajstić information content (AvgIpc) is 2.42. The van der Waals surface area contributed by atoms with Crippen molar-refractivity contribution >= 4 is 5.82 Å². The van der Waals surface area contributed by atoms with Crippen molar-refractivity contribution in [1.82, 2.24) is 9.97 Å². The normalized spacial score (nSPS) is 10.7. The Bertz CT molecular complexity index is 383. The van der Waals surface area contributed by atoms with E-state index in [0.717, 1.165) is 42.3 Å². The van der Waals surface area contributed by atoms with Crippen LogP contribution in [0.3, 0.4) is 0 Å². The molecule has 0 bridgehead atoms. The molecule has 0 radical (unpaired) electrons. The lowest BCUT2D eigenvalue weighted by molar-refractivity contribution is 0.0716. The monoisotopic (exact) mass is 267 g/mol. The van der Waals surface area contributed by atoms with E-state index < -0.39 is 0 Å². The van der Waals surface area contributed by atoms with E-state index in [1.807, 2.05) is 0 Å². The third-order valence-electron chi connectivity index (χ3n) is 2.87. The lowest BCUT2D eigenvalue weighted by Gasteiger charge is -2.12. The standard InChI is InChI=1S/C14H25N3O2/c1-5-12-11(3)14(15-6-2)17-13(16-12)7-8-19-10-9-18-4/h5-10H2,1-4H3,(H,15,16,17). The molecule has 0 aliphatic heterocycles. The van der Waals surface area contributed by atoms with Crippen molar-refractivity contribution in [3.8, 4) is 0 Å². The van der Waals surface area contributed by atoms with Crippen LogP contribution in [0.5, 0.6) is 0 Å². The van der Waals surface area contributed by atoms with Gasteiger partial charge in [0.25, 0.3) is 0 Å². The zero-order chi connectivity index (χ0) is 14.1. The van der Waals surface area contributed by atoms with E-state index in [4.69, 9.17) is 9.47 Å². The molecule has 1 N–H and O–H groups in total. The summed E-state index contributed by atoms with van der Waals surface area (Å²) in [5.74, 6) is 1.79. The molecule has 0 spiro atoms. The number of aryl methyl sites for hydroxylation is 1. The number of rotatable bonds is 9. The summed E-state index contributed by atoms with van der Waals surface area (Å²) >= 11 is 0. The number of anilines is 1. The van der Waals surface area contributed by atoms with Crippen LogP contribution < -0.4 is 5.32 Å². The van der Waals surface area contributed by atoms with Gasteiger partial charge >= 0.3 is 0 Å². The third kappa shape index (κ3) is 5.12. The molecule has 19 heavy (non-hydrogen) atoms. The zero-order valence-corrected chi connectivity index (χ0v) is 12.5. The lowest BCUT2D eigenvalue weighted by Crippen LogP contribution is -2.12. The summed E-state index contributed by atoms with van der Waals surface area (Å²) in [6.45, 7) is 8.98. The summed E-state index contributed by atoms with van der Waals surface area (Å²) in [6, 6.07) is 0. The van der Waals surface area contributed by atoms with Crippen LogP contribution in [0.15, 0.2) is 0 Å². The molecule has 0 atom stereocenters. The maximum absolute atomic E-state index is 5.46. The smallest absolute Gasteiger partial charge is 0.133 e. The van der Waals surface area contributed by atoms with Gasteiger partial charge < -0.3 is 14.8 Å². The Kier molecular flexibility index (Phi) is 7.36. The molecule has 1 heterocycles. The average molecular weight is 267 g/mol. The number of hydrogen-bond acceptors (Lipinski definition) is 5. The summed E-state index contributed by atoms with van der Waals surface area (Å²) in [4.78, 5) is 9.14. The van der Waals surface area contributed by atoms with Crippen molar-refractivity contribution in [3.05, 3.63) is 17.1 Å². The number of nitrogens with one attached hydrogen (secondary N) is 1. The topological polar surface area (TPSA) is 56.3 Å². The molecule has 0 aliphatic rings.